The molecule has 0 radical (unpaired) electrons. The van der Waals surface area contributed by atoms with Crippen LogP contribution in [0.2, 0.25) is 0 Å². The van der Waals surface area contributed by atoms with E-state index in [0.29, 0.717) is 6.54 Å². The zero-order chi connectivity index (χ0) is 22.8. The number of morpholine rings is 1. The zero-order valence-electron chi connectivity index (χ0n) is 18.6. The highest BCUT2D eigenvalue weighted by molar-refractivity contribution is 5.90. The molecule has 0 aromatic heterocycles. The number of nitrogens with zero attached hydrogens (tertiary/aromatic N) is 1. The number of hydrogen-bond acceptors (Lipinski definition) is 6. The maximum atomic E-state index is 12.3. The third-order valence-electron chi connectivity index (χ3n) is 6.77. The number of carbonyl (C=O) groups is 2. The van der Waals surface area contributed by atoms with E-state index >= 15 is 0 Å². The van der Waals surface area contributed by atoms with Crippen LogP contribution in [0.4, 0.5) is 0 Å². The van der Waals surface area contributed by atoms with Gasteiger partial charge in [0.05, 0.1) is 13.2 Å². The van der Waals surface area contributed by atoms with Crippen molar-refractivity contribution in [2.45, 2.75) is 51.1 Å². The predicted molar refractivity (Wildman–Crippen MR) is 121 cm³/mol. The van der Waals surface area contributed by atoms with E-state index in [-0.39, 0.29) is 5.41 Å². The lowest BCUT2D eigenvalue weighted by Gasteiger charge is -2.43. The molecule has 1 aliphatic carbocycles. The molecule has 0 bridgehead atoms. The molecule has 2 aliphatic rings. The molecule has 4 N–H and O–H groups in total. The summed E-state index contributed by atoms with van der Waals surface area (Å²) in [6.07, 6.45) is 8.95. The van der Waals surface area contributed by atoms with E-state index in [4.69, 9.17) is 9.94 Å². The summed E-state index contributed by atoms with van der Waals surface area (Å²) in [5, 5.41) is 22.0. The van der Waals surface area contributed by atoms with E-state index in [1.807, 2.05) is 24.3 Å². The van der Waals surface area contributed by atoms with Crippen LogP contribution >= 0.6 is 0 Å². The fourth-order valence-electron chi connectivity index (χ4n) is 4.89. The fraction of sp³-hybridized carbons (Fsp3) is 0.583. The highest BCUT2D eigenvalue weighted by Gasteiger charge is 2.43. The van der Waals surface area contributed by atoms with Crippen molar-refractivity contribution in [2.75, 3.05) is 32.8 Å². The Kier molecular flexibility index (Phi) is 9.23. The summed E-state index contributed by atoms with van der Waals surface area (Å²) in [5.41, 5.74) is 3.13. The van der Waals surface area contributed by atoms with E-state index < -0.39 is 17.9 Å². The standard InChI is InChI=1S/C24H35N3O5/c28-21(26-31)9-8-19-4-6-20(7-5-19)18-25-22(23(29)30)24(10-2-1-3-11-24)12-13-27-14-16-32-17-15-27/h4-9,22,25,31H,1-3,10-18H2,(H,26,28)(H,29,30)/t22-/m1/s1. The normalized spacial score (nSPS) is 20.2. The van der Waals surface area contributed by atoms with Crippen LogP contribution in [0.1, 0.15) is 49.7 Å². The number of aliphatic carboxylic acids is 1. The first-order valence-corrected chi connectivity index (χ1v) is 11.5. The predicted octanol–water partition coefficient (Wildman–Crippen LogP) is 2.42. The Morgan fingerprint density at radius 1 is 1.12 bits per heavy atom. The number of hydrogen-bond donors (Lipinski definition) is 4. The lowest BCUT2D eigenvalue weighted by atomic mass is 9.66. The van der Waals surface area contributed by atoms with Gasteiger partial charge in [-0.1, -0.05) is 43.5 Å². The second-order valence-corrected chi connectivity index (χ2v) is 8.83. The number of hydroxylamine groups is 1. The van der Waals surface area contributed by atoms with Gasteiger partial charge in [0.1, 0.15) is 6.04 Å². The topological polar surface area (TPSA) is 111 Å². The maximum Gasteiger partial charge on any atom is 0.321 e. The lowest BCUT2D eigenvalue weighted by molar-refractivity contribution is -0.144. The average Bonchev–Trinajstić information content (AvgIpc) is 2.83. The SMILES string of the molecule is O=C(C=Cc1ccc(CN[C@H](C(=O)O)C2(CCN3CCOCC3)CCCCC2)cc1)NO. The van der Waals surface area contributed by atoms with E-state index in [0.717, 1.165) is 76.1 Å². The van der Waals surface area contributed by atoms with Crippen LogP contribution in [0, 0.1) is 5.41 Å². The Hall–Kier alpha value is -2.26. The minimum absolute atomic E-state index is 0.233. The highest BCUT2D eigenvalue weighted by atomic mass is 16.5. The third-order valence-corrected chi connectivity index (χ3v) is 6.77. The Labute approximate surface area is 189 Å². The van der Waals surface area contributed by atoms with Crippen LogP contribution in [0.15, 0.2) is 30.3 Å². The molecule has 0 spiro atoms. The number of amides is 1. The summed E-state index contributed by atoms with van der Waals surface area (Å²) in [6.45, 7) is 4.73. The average molecular weight is 446 g/mol. The van der Waals surface area contributed by atoms with Crippen molar-refractivity contribution in [2.24, 2.45) is 5.41 Å². The molecule has 32 heavy (non-hydrogen) atoms. The molecule has 1 amide bonds. The molecule has 1 heterocycles. The van der Waals surface area contributed by atoms with E-state index in [2.05, 4.69) is 10.2 Å². The van der Waals surface area contributed by atoms with Crippen LogP contribution in [-0.4, -0.2) is 66.0 Å². The van der Waals surface area contributed by atoms with Gasteiger partial charge in [0, 0.05) is 25.7 Å². The summed E-state index contributed by atoms with van der Waals surface area (Å²) in [7, 11) is 0. The van der Waals surface area contributed by atoms with Gasteiger partial charge < -0.3 is 9.84 Å². The first-order valence-electron chi connectivity index (χ1n) is 11.5. The van der Waals surface area contributed by atoms with E-state index in [1.54, 1.807) is 11.6 Å². The molecule has 2 fully saturated rings. The van der Waals surface area contributed by atoms with Gasteiger partial charge in [0.15, 0.2) is 0 Å². The van der Waals surface area contributed by atoms with Crippen LogP contribution in [0.25, 0.3) is 6.08 Å². The van der Waals surface area contributed by atoms with Crippen molar-refractivity contribution in [1.29, 1.82) is 0 Å². The van der Waals surface area contributed by atoms with E-state index in [1.165, 1.54) is 12.5 Å². The molecule has 3 rings (SSSR count). The Bertz CT molecular complexity index is 768. The second-order valence-electron chi connectivity index (χ2n) is 8.83. The molecule has 1 aliphatic heterocycles. The van der Waals surface area contributed by atoms with Crippen LogP contribution < -0.4 is 10.8 Å². The maximum absolute atomic E-state index is 12.3. The number of nitrogens with one attached hydrogen (secondary N) is 2. The molecular formula is C24H35N3O5. The molecule has 1 aromatic carbocycles. The van der Waals surface area contributed by atoms with Gasteiger partial charge in [-0.15, -0.1) is 0 Å². The quantitative estimate of drug-likeness (QED) is 0.249. The summed E-state index contributed by atoms with van der Waals surface area (Å²) in [6, 6.07) is 6.98. The van der Waals surface area contributed by atoms with E-state index in [9.17, 15) is 14.7 Å². The van der Waals surface area contributed by atoms with Crippen molar-refractivity contribution in [1.82, 2.24) is 15.7 Å². The first kappa shape index (κ1) is 24.4. The van der Waals surface area contributed by atoms with Crippen LogP contribution in [0.3, 0.4) is 0 Å². The summed E-state index contributed by atoms with van der Waals surface area (Å²) in [4.78, 5) is 25.8. The smallest absolute Gasteiger partial charge is 0.321 e. The van der Waals surface area contributed by atoms with Gasteiger partial charge >= 0.3 is 5.97 Å². The van der Waals surface area contributed by atoms with Gasteiger partial charge in [0.2, 0.25) is 0 Å². The molecule has 8 nitrogen and oxygen atoms in total. The van der Waals surface area contributed by atoms with Crippen molar-refractivity contribution >= 4 is 18.0 Å². The van der Waals surface area contributed by atoms with Gasteiger partial charge in [-0.25, -0.2) is 5.48 Å². The van der Waals surface area contributed by atoms with Gasteiger partial charge in [-0.05, 0) is 48.4 Å². The number of carbonyl (C=O) groups excluding carboxylic acids is 1. The number of benzene rings is 1. The zero-order valence-corrected chi connectivity index (χ0v) is 18.6. The molecule has 8 heteroatoms. The minimum atomic E-state index is -0.775. The number of ether oxygens (including phenoxy) is 1. The summed E-state index contributed by atoms with van der Waals surface area (Å²) >= 11 is 0. The fourth-order valence-corrected chi connectivity index (χ4v) is 4.89. The largest absolute Gasteiger partial charge is 0.480 e. The molecule has 1 aromatic rings. The Morgan fingerprint density at radius 3 is 2.44 bits per heavy atom. The minimum Gasteiger partial charge on any atom is -0.480 e. The lowest BCUT2D eigenvalue weighted by Crippen LogP contribution is -2.52. The third kappa shape index (κ3) is 6.87. The molecule has 176 valence electrons. The Balaban J connectivity index is 1.64. The van der Waals surface area contributed by atoms with Crippen molar-refractivity contribution < 1.29 is 24.6 Å². The number of carboxylic acids is 1. The summed E-state index contributed by atoms with van der Waals surface area (Å²) < 4.78 is 5.45. The number of carboxylic acid groups (broad SMARTS) is 1. The van der Waals surface area contributed by atoms with Crippen LogP contribution in [-0.2, 0) is 20.9 Å². The molecule has 1 saturated heterocycles. The number of rotatable bonds is 10. The Morgan fingerprint density at radius 2 is 1.81 bits per heavy atom. The van der Waals surface area contributed by atoms with Gasteiger partial charge in [-0.2, -0.15) is 0 Å². The monoisotopic (exact) mass is 445 g/mol. The highest BCUT2D eigenvalue weighted by Crippen LogP contribution is 2.43. The first-order chi connectivity index (χ1) is 15.5. The molecular weight excluding hydrogens is 410 g/mol. The van der Waals surface area contributed by atoms with Gasteiger partial charge in [0.25, 0.3) is 5.91 Å². The van der Waals surface area contributed by atoms with Crippen molar-refractivity contribution in [3.05, 3.63) is 41.5 Å². The van der Waals surface area contributed by atoms with Crippen LogP contribution in [0.5, 0.6) is 0 Å². The summed E-state index contributed by atoms with van der Waals surface area (Å²) in [5.74, 6) is -1.36. The van der Waals surface area contributed by atoms with Crippen molar-refractivity contribution in [3.8, 4) is 0 Å². The molecule has 1 saturated carbocycles. The molecule has 1 atom stereocenters. The second kappa shape index (κ2) is 12.1. The van der Waals surface area contributed by atoms with Gasteiger partial charge in [-0.3, -0.25) is 25.0 Å². The molecule has 0 unspecified atom stereocenters. The van der Waals surface area contributed by atoms with Crippen molar-refractivity contribution in [3.63, 3.8) is 0 Å².